The zero-order valence-electron chi connectivity index (χ0n) is 44.0. The smallest absolute Gasteiger partial charge is 0.279 e. The molecule has 2 unspecified atom stereocenters. The fraction of sp³-hybridized carbons (Fsp3) is 0.583. The van der Waals surface area contributed by atoms with Gasteiger partial charge in [0.25, 0.3) is 11.1 Å². The van der Waals surface area contributed by atoms with E-state index in [0.29, 0.717) is 103 Å². The van der Waals surface area contributed by atoms with E-state index >= 15 is 0 Å². The fourth-order valence-corrected chi connectivity index (χ4v) is 11.9. The van der Waals surface area contributed by atoms with E-state index in [1.54, 1.807) is 23.6 Å². The number of aryl methyl sites for hydroxylation is 4. The van der Waals surface area contributed by atoms with Gasteiger partial charge in [-0.05, 0) is 65.8 Å². The molecule has 2 aliphatic rings. The lowest BCUT2D eigenvalue weighted by atomic mass is 10.2. The Kier molecular flexibility index (Phi) is 18.4. The van der Waals surface area contributed by atoms with Crippen LogP contribution in [0.3, 0.4) is 0 Å². The molecule has 2 atom stereocenters. The zero-order chi connectivity index (χ0) is 53.5. The SMILES string of the molecule is CCc1c2nc(-c3cc(S(=O)(=O)N4CCN(CC)CC4)cnc3OC(C)COC)[nH]c(=O)c2nn1CC.CCc1c2nc(-c3cc(S(=O)(=O)N4CCN(CC)CC4)cnc3OC(C)COC)[nH]c(=O)c2nn1CC. The molecule has 0 aliphatic carbocycles. The monoisotopic (exact) mass is 1070 g/mol. The second-order valence-electron chi connectivity index (χ2n) is 17.9. The first-order chi connectivity index (χ1) is 35.5. The maximum atomic E-state index is 13.5. The summed E-state index contributed by atoms with van der Waals surface area (Å²) < 4.78 is 82.9. The third kappa shape index (κ3) is 11.9. The lowest BCUT2D eigenvalue weighted by molar-refractivity contribution is 0.0892. The van der Waals surface area contributed by atoms with Crippen molar-refractivity contribution in [2.24, 2.45) is 0 Å². The highest BCUT2D eigenvalue weighted by Crippen LogP contribution is 2.33. The van der Waals surface area contributed by atoms with Crippen molar-refractivity contribution in [1.29, 1.82) is 0 Å². The van der Waals surface area contributed by atoms with Crippen molar-refractivity contribution in [2.45, 2.75) is 103 Å². The zero-order valence-corrected chi connectivity index (χ0v) is 45.7. The maximum absolute atomic E-state index is 13.5. The summed E-state index contributed by atoms with van der Waals surface area (Å²) in [6.45, 7) is 23.4. The topological polar surface area (TPSA) is 271 Å². The molecule has 74 heavy (non-hydrogen) atoms. The predicted octanol–water partition coefficient (Wildman–Crippen LogP) is 3.01. The van der Waals surface area contributed by atoms with Gasteiger partial charge in [0.15, 0.2) is 11.0 Å². The van der Waals surface area contributed by atoms with Crippen LogP contribution in [0.5, 0.6) is 11.8 Å². The van der Waals surface area contributed by atoms with Crippen molar-refractivity contribution >= 4 is 42.1 Å². The number of pyridine rings is 2. The molecule has 2 fully saturated rings. The van der Waals surface area contributed by atoms with Crippen LogP contribution in [0.2, 0.25) is 0 Å². The minimum absolute atomic E-state index is 0.0157. The van der Waals surface area contributed by atoms with Crippen LogP contribution in [0.25, 0.3) is 44.8 Å². The summed E-state index contributed by atoms with van der Waals surface area (Å²) in [4.78, 5) is 54.1. The molecular weight excluding hydrogens is 997 g/mol. The highest BCUT2D eigenvalue weighted by molar-refractivity contribution is 7.89. The van der Waals surface area contributed by atoms with E-state index in [-0.39, 0.29) is 67.6 Å². The molecule has 26 heteroatoms. The predicted molar refractivity (Wildman–Crippen MR) is 279 cm³/mol. The normalized spacial score (nSPS) is 16.4. The molecule has 2 N–H and O–H groups in total. The first-order valence-corrected chi connectivity index (χ1v) is 28.1. The Hall–Kier alpha value is -5.74. The van der Waals surface area contributed by atoms with E-state index in [1.165, 1.54) is 33.1 Å². The van der Waals surface area contributed by atoms with Crippen LogP contribution in [0, 0.1) is 0 Å². The summed E-state index contributed by atoms with van der Waals surface area (Å²) in [6, 6.07) is 2.95. The van der Waals surface area contributed by atoms with Crippen LogP contribution in [0.4, 0.5) is 0 Å². The molecule has 0 aromatic carbocycles. The lowest BCUT2D eigenvalue weighted by Crippen LogP contribution is -2.48. The van der Waals surface area contributed by atoms with E-state index in [2.05, 4.69) is 53.8 Å². The summed E-state index contributed by atoms with van der Waals surface area (Å²) in [7, 11) is -4.51. The quantitative estimate of drug-likeness (QED) is 0.111. The van der Waals surface area contributed by atoms with Crippen LogP contribution in [0.15, 0.2) is 43.9 Å². The number of H-pyrrole nitrogens is 2. The van der Waals surface area contributed by atoms with E-state index < -0.39 is 31.2 Å². The second kappa shape index (κ2) is 24.3. The van der Waals surface area contributed by atoms with Crippen LogP contribution in [0.1, 0.15) is 66.8 Å². The highest BCUT2D eigenvalue weighted by atomic mass is 32.2. The van der Waals surface area contributed by atoms with Crippen molar-refractivity contribution in [1.82, 2.24) is 67.9 Å². The van der Waals surface area contributed by atoms with Crippen LogP contribution in [-0.4, -0.2) is 190 Å². The van der Waals surface area contributed by atoms with E-state index in [9.17, 15) is 26.4 Å². The number of methoxy groups -OCH3 is 2. The standard InChI is InChI=1S/2C24H35N7O5S/c2*1-6-19-20-21(28-31(19)8-3)23(32)27-22(26-20)18-13-17(14-25-24(18)36-16(4)15-35-5)37(33,34)30-11-9-29(7-2)10-12-30/h2*13-14,16H,6-12,15H2,1-5H3,(H,26,27,32). The molecule has 6 aromatic rings. The average molecular weight is 1070 g/mol. The van der Waals surface area contributed by atoms with Crippen LogP contribution >= 0.6 is 0 Å². The molecule has 6 aromatic heterocycles. The van der Waals surface area contributed by atoms with Gasteiger partial charge in [-0.15, -0.1) is 0 Å². The van der Waals surface area contributed by atoms with Gasteiger partial charge in [-0.1, -0.05) is 27.7 Å². The molecular formula is C48H70N14O10S2. The molecule has 8 rings (SSSR count). The Labute approximate surface area is 431 Å². The molecule has 24 nitrogen and oxygen atoms in total. The van der Waals surface area contributed by atoms with E-state index in [4.69, 9.17) is 28.9 Å². The lowest BCUT2D eigenvalue weighted by Gasteiger charge is -2.33. The summed E-state index contributed by atoms with van der Waals surface area (Å²) in [5, 5.41) is 8.81. The Morgan fingerprint density at radius 1 is 0.554 bits per heavy atom. The number of hydrogen-bond acceptors (Lipinski definition) is 18. The Morgan fingerprint density at radius 2 is 0.919 bits per heavy atom. The number of aromatic amines is 2. The van der Waals surface area contributed by atoms with E-state index in [1.807, 2.05) is 41.5 Å². The third-order valence-electron chi connectivity index (χ3n) is 13.1. The number of ether oxygens (including phenoxy) is 4. The molecule has 2 aliphatic heterocycles. The summed E-state index contributed by atoms with van der Waals surface area (Å²) in [5.74, 6) is 0.649. The van der Waals surface area contributed by atoms with Crippen LogP contribution in [-0.2, 0) is 55.5 Å². The van der Waals surface area contributed by atoms with Gasteiger partial charge in [-0.3, -0.25) is 19.0 Å². The first kappa shape index (κ1) is 56.0. The number of aromatic nitrogens is 10. The number of fused-ring (bicyclic) bond motifs is 2. The van der Waals surface area contributed by atoms with Crippen LogP contribution < -0.4 is 20.6 Å². The summed E-state index contributed by atoms with van der Waals surface area (Å²) in [6.07, 6.45) is 3.11. The number of nitrogens with zero attached hydrogens (tertiary/aromatic N) is 12. The first-order valence-electron chi connectivity index (χ1n) is 25.2. The van der Waals surface area contributed by atoms with Crippen molar-refractivity contribution in [2.75, 3.05) is 92.9 Å². The minimum Gasteiger partial charge on any atom is -0.472 e. The molecule has 0 radical (unpaired) electrons. The third-order valence-corrected chi connectivity index (χ3v) is 16.8. The van der Waals surface area contributed by atoms with Crippen molar-refractivity contribution < 1.29 is 35.8 Å². The molecule has 0 bridgehead atoms. The van der Waals surface area contributed by atoms with Gasteiger partial charge in [0.05, 0.1) is 48.1 Å². The Morgan fingerprint density at radius 3 is 1.23 bits per heavy atom. The summed E-state index contributed by atoms with van der Waals surface area (Å²) >= 11 is 0. The number of nitrogens with one attached hydrogen (secondary N) is 2. The number of piperazine rings is 2. The number of hydrogen-bond donors (Lipinski definition) is 2. The number of rotatable bonds is 20. The van der Waals surface area contributed by atoms with Crippen molar-refractivity contribution in [3.05, 3.63) is 56.6 Å². The van der Waals surface area contributed by atoms with Gasteiger partial charge in [-0.25, -0.2) is 36.8 Å². The number of sulfonamides is 2. The molecule has 8 heterocycles. The average Bonchev–Trinajstić information content (AvgIpc) is 3.97. The molecule has 0 spiro atoms. The fourth-order valence-electron chi connectivity index (χ4n) is 9.07. The van der Waals surface area contributed by atoms with Crippen molar-refractivity contribution in [3.8, 4) is 34.5 Å². The van der Waals surface area contributed by atoms with Gasteiger partial charge in [0.2, 0.25) is 31.8 Å². The minimum atomic E-state index is -3.82. The van der Waals surface area contributed by atoms with Gasteiger partial charge >= 0.3 is 0 Å². The second-order valence-corrected chi connectivity index (χ2v) is 21.8. The highest BCUT2D eigenvalue weighted by Gasteiger charge is 2.32. The Bertz CT molecular complexity index is 3040. The Balaban J connectivity index is 0.000000216. The van der Waals surface area contributed by atoms with Crippen molar-refractivity contribution in [3.63, 3.8) is 0 Å². The van der Waals surface area contributed by atoms with Gasteiger partial charge in [-0.2, -0.15) is 18.8 Å². The van der Waals surface area contributed by atoms with E-state index in [0.717, 1.165) is 24.5 Å². The maximum Gasteiger partial charge on any atom is 0.279 e. The number of likely N-dealkylation sites (N-methyl/N-ethyl adjacent to an activating group) is 2. The molecule has 0 amide bonds. The molecule has 404 valence electrons. The summed E-state index contributed by atoms with van der Waals surface area (Å²) in [5.41, 5.74) is 2.81. The van der Waals surface area contributed by atoms with Gasteiger partial charge in [0, 0.05) is 79.7 Å². The molecule has 0 saturated carbocycles. The largest absolute Gasteiger partial charge is 0.472 e. The molecule has 2 saturated heterocycles. The van der Waals surface area contributed by atoms with Gasteiger partial charge in [0.1, 0.15) is 44.7 Å². The van der Waals surface area contributed by atoms with Gasteiger partial charge < -0.3 is 38.7 Å².